The van der Waals surface area contributed by atoms with Gasteiger partial charge in [-0.25, -0.2) is 4.79 Å². The van der Waals surface area contributed by atoms with Crippen molar-refractivity contribution in [3.8, 4) is 0 Å². The summed E-state index contributed by atoms with van der Waals surface area (Å²) in [6, 6.07) is 6.41. The summed E-state index contributed by atoms with van der Waals surface area (Å²) in [5.74, 6) is 0. The van der Waals surface area contributed by atoms with Crippen LogP contribution < -0.4 is 5.32 Å². The molecular formula is C17H26N2O6. The second-order valence-corrected chi connectivity index (χ2v) is 6.33. The van der Waals surface area contributed by atoms with E-state index in [1.54, 1.807) is 32.9 Å². The van der Waals surface area contributed by atoms with Crippen LogP contribution >= 0.6 is 0 Å². The van der Waals surface area contributed by atoms with E-state index in [1.807, 2.05) is 0 Å². The number of alkyl carbamates (subject to hydrolysis) is 1. The number of benzene rings is 1. The fraction of sp³-hybridized carbons (Fsp3) is 0.588. The van der Waals surface area contributed by atoms with E-state index in [1.165, 1.54) is 12.1 Å². The normalized spacial score (nSPS) is 11.2. The first-order valence-electron chi connectivity index (χ1n) is 8.13. The van der Waals surface area contributed by atoms with Crippen molar-refractivity contribution in [2.75, 3.05) is 33.0 Å². The van der Waals surface area contributed by atoms with Gasteiger partial charge in [-0.3, -0.25) is 10.1 Å². The number of carbonyl (C=O) groups is 1. The highest BCUT2D eigenvalue weighted by Crippen LogP contribution is 2.12. The summed E-state index contributed by atoms with van der Waals surface area (Å²) < 4.78 is 15.9. The second-order valence-electron chi connectivity index (χ2n) is 6.33. The summed E-state index contributed by atoms with van der Waals surface area (Å²) in [6.07, 6.45) is 0.216. The number of hydrogen-bond donors (Lipinski definition) is 1. The van der Waals surface area contributed by atoms with Crippen LogP contribution in [0.15, 0.2) is 24.3 Å². The Morgan fingerprint density at radius 2 is 1.68 bits per heavy atom. The van der Waals surface area contributed by atoms with Gasteiger partial charge in [0.05, 0.1) is 31.4 Å². The maximum Gasteiger partial charge on any atom is 0.407 e. The third kappa shape index (κ3) is 10.3. The van der Waals surface area contributed by atoms with E-state index in [0.29, 0.717) is 39.4 Å². The third-order valence-electron chi connectivity index (χ3n) is 2.97. The van der Waals surface area contributed by atoms with Crippen LogP contribution in [0.4, 0.5) is 10.5 Å². The van der Waals surface area contributed by atoms with Crippen LogP contribution in [0.2, 0.25) is 0 Å². The van der Waals surface area contributed by atoms with Crippen molar-refractivity contribution in [2.45, 2.75) is 32.8 Å². The number of non-ortho nitro benzene ring substituents is 1. The number of nitro benzene ring substituents is 1. The van der Waals surface area contributed by atoms with E-state index in [9.17, 15) is 14.9 Å². The molecule has 1 aromatic carbocycles. The monoisotopic (exact) mass is 354 g/mol. The summed E-state index contributed by atoms with van der Waals surface area (Å²) in [5, 5.41) is 13.2. The summed E-state index contributed by atoms with van der Waals surface area (Å²) in [7, 11) is 0. The van der Waals surface area contributed by atoms with Crippen molar-refractivity contribution in [2.24, 2.45) is 0 Å². The molecule has 0 radical (unpaired) electrons. The predicted molar refractivity (Wildman–Crippen MR) is 92.7 cm³/mol. The minimum absolute atomic E-state index is 0.0815. The highest BCUT2D eigenvalue weighted by molar-refractivity contribution is 5.67. The van der Waals surface area contributed by atoms with Crippen LogP contribution in [0, 0.1) is 10.1 Å². The van der Waals surface area contributed by atoms with E-state index in [2.05, 4.69) is 5.32 Å². The number of amides is 1. The van der Waals surface area contributed by atoms with E-state index < -0.39 is 16.6 Å². The van der Waals surface area contributed by atoms with Gasteiger partial charge in [-0.15, -0.1) is 0 Å². The lowest BCUT2D eigenvalue weighted by Gasteiger charge is -2.19. The highest BCUT2D eigenvalue weighted by atomic mass is 16.6. The Morgan fingerprint density at radius 3 is 2.24 bits per heavy atom. The topological polar surface area (TPSA) is 99.9 Å². The van der Waals surface area contributed by atoms with Crippen LogP contribution in [0.25, 0.3) is 0 Å². The molecule has 0 saturated heterocycles. The van der Waals surface area contributed by atoms with Crippen molar-refractivity contribution in [3.05, 3.63) is 39.9 Å². The molecule has 0 saturated carbocycles. The smallest absolute Gasteiger partial charge is 0.407 e. The van der Waals surface area contributed by atoms with Gasteiger partial charge >= 0.3 is 6.09 Å². The predicted octanol–water partition coefficient (Wildman–Crippen LogP) is 2.70. The average molecular weight is 354 g/mol. The zero-order valence-electron chi connectivity index (χ0n) is 14.9. The summed E-state index contributed by atoms with van der Waals surface area (Å²) in [5.41, 5.74) is 0.550. The molecule has 1 amide bonds. The number of hydrogen-bond acceptors (Lipinski definition) is 6. The fourth-order valence-electron chi connectivity index (χ4n) is 1.84. The van der Waals surface area contributed by atoms with Crippen LogP contribution in [-0.2, 0) is 20.6 Å². The van der Waals surface area contributed by atoms with Crippen molar-refractivity contribution in [1.82, 2.24) is 5.32 Å². The van der Waals surface area contributed by atoms with Gasteiger partial charge in [0.25, 0.3) is 5.69 Å². The van der Waals surface area contributed by atoms with Crippen LogP contribution in [0.3, 0.4) is 0 Å². The van der Waals surface area contributed by atoms with Crippen molar-refractivity contribution in [3.63, 3.8) is 0 Å². The van der Waals surface area contributed by atoms with Gasteiger partial charge in [-0.1, -0.05) is 12.1 Å². The third-order valence-corrected chi connectivity index (χ3v) is 2.97. The Morgan fingerprint density at radius 1 is 1.08 bits per heavy atom. The Hall–Kier alpha value is -2.19. The van der Waals surface area contributed by atoms with Crippen molar-refractivity contribution < 1.29 is 23.9 Å². The molecule has 0 aliphatic carbocycles. The minimum Gasteiger partial charge on any atom is -0.444 e. The molecule has 1 aromatic rings. The maximum absolute atomic E-state index is 11.4. The molecule has 0 bridgehead atoms. The lowest BCUT2D eigenvalue weighted by molar-refractivity contribution is -0.384. The van der Waals surface area contributed by atoms with Crippen LogP contribution in [0.5, 0.6) is 0 Å². The van der Waals surface area contributed by atoms with Crippen LogP contribution in [0.1, 0.15) is 26.3 Å². The van der Waals surface area contributed by atoms with Gasteiger partial charge in [0.2, 0.25) is 0 Å². The lowest BCUT2D eigenvalue weighted by Crippen LogP contribution is -2.34. The van der Waals surface area contributed by atoms with Gasteiger partial charge in [-0.2, -0.15) is 0 Å². The Bertz CT molecular complexity index is 539. The number of nitrogens with zero attached hydrogens (tertiary/aromatic N) is 1. The molecule has 0 heterocycles. The molecule has 8 heteroatoms. The summed E-state index contributed by atoms with van der Waals surface area (Å²) in [4.78, 5) is 21.5. The molecule has 0 fully saturated rings. The Kier molecular flexibility index (Phi) is 8.87. The molecule has 25 heavy (non-hydrogen) atoms. The van der Waals surface area contributed by atoms with E-state index in [0.717, 1.165) is 5.56 Å². The minimum atomic E-state index is -0.511. The molecule has 0 atom stereocenters. The molecule has 8 nitrogen and oxygen atoms in total. The number of carbonyl (C=O) groups excluding carboxylic acids is 1. The second kappa shape index (κ2) is 10.6. The number of rotatable bonds is 10. The van der Waals surface area contributed by atoms with Gasteiger partial charge in [0.15, 0.2) is 0 Å². The first-order chi connectivity index (χ1) is 11.8. The largest absolute Gasteiger partial charge is 0.444 e. The van der Waals surface area contributed by atoms with Crippen molar-refractivity contribution >= 4 is 11.8 Å². The molecule has 0 aliphatic heterocycles. The molecule has 0 spiro atoms. The van der Waals surface area contributed by atoms with Gasteiger partial charge in [0, 0.05) is 18.7 Å². The maximum atomic E-state index is 11.4. The van der Waals surface area contributed by atoms with Gasteiger partial charge in [-0.05, 0) is 32.8 Å². The average Bonchev–Trinajstić information content (AvgIpc) is 2.52. The summed E-state index contributed by atoms with van der Waals surface area (Å²) >= 11 is 0. The molecule has 1 rings (SSSR count). The Balaban J connectivity index is 1.98. The first kappa shape index (κ1) is 20.9. The summed E-state index contributed by atoms with van der Waals surface area (Å²) in [6.45, 7) is 7.54. The Labute approximate surface area is 147 Å². The fourth-order valence-corrected chi connectivity index (χ4v) is 1.84. The standard InChI is InChI=1S/C17H26N2O6/c1-17(2,3)25-16(20)18-9-11-24-13-12-23-10-8-14-4-6-15(7-5-14)19(21)22/h4-7H,8-13H2,1-3H3,(H,18,20). The van der Waals surface area contributed by atoms with E-state index in [4.69, 9.17) is 14.2 Å². The van der Waals surface area contributed by atoms with Gasteiger partial charge in [0.1, 0.15) is 5.60 Å². The molecule has 0 aromatic heterocycles. The zero-order valence-corrected chi connectivity index (χ0v) is 14.9. The molecular weight excluding hydrogens is 328 g/mol. The van der Waals surface area contributed by atoms with Crippen molar-refractivity contribution in [1.29, 1.82) is 0 Å². The molecule has 1 N–H and O–H groups in total. The first-order valence-corrected chi connectivity index (χ1v) is 8.13. The molecule has 140 valence electrons. The number of nitro groups is 1. The SMILES string of the molecule is CC(C)(C)OC(=O)NCCOCCOCCc1ccc([N+](=O)[O-])cc1. The quantitative estimate of drug-likeness (QED) is 0.394. The zero-order chi connectivity index (χ0) is 18.7. The number of ether oxygens (including phenoxy) is 3. The van der Waals surface area contributed by atoms with Crippen LogP contribution in [-0.4, -0.2) is 49.6 Å². The van der Waals surface area contributed by atoms with E-state index in [-0.39, 0.29) is 5.69 Å². The van der Waals surface area contributed by atoms with Gasteiger partial charge < -0.3 is 19.5 Å². The molecule has 0 aliphatic rings. The van der Waals surface area contributed by atoms with E-state index >= 15 is 0 Å². The highest BCUT2D eigenvalue weighted by Gasteiger charge is 2.15. The lowest BCUT2D eigenvalue weighted by atomic mass is 10.1. The number of nitrogens with one attached hydrogen (secondary N) is 1. The molecule has 0 unspecified atom stereocenters.